The maximum Gasteiger partial charge on any atom is 0.0453 e. The SMILES string of the molecule is C[C@H](NC1CCCCCCC1)c1ccccc1Cl. The lowest BCUT2D eigenvalue weighted by molar-refractivity contribution is 0.363. The molecule has 1 N–H and O–H groups in total. The van der Waals surface area contributed by atoms with Crippen LogP contribution >= 0.6 is 11.6 Å². The van der Waals surface area contributed by atoms with Gasteiger partial charge < -0.3 is 5.32 Å². The molecule has 0 radical (unpaired) electrons. The zero-order valence-corrected chi connectivity index (χ0v) is 12.0. The fourth-order valence-corrected chi connectivity index (χ4v) is 3.19. The lowest BCUT2D eigenvalue weighted by Gasteiger charge is -2.25. The van der Waals surface area contributed by atoms with Crippen molar-refractivity contribution in [3.05, 3.63) is 34.9 Å². The van der Waals surface area contributed by atoms with Gasteiger partial charge in [-0.15, -0.1) is 0 Å². The predicted octanol–water partition coefficient (Wildman–Crippen LogP) is 5.10. The van der Waals surface area contributed by atoms with E-state index in [4.69, 9.17) is 11.6 Å². The molecule has 1 aromatic carbocycles. The Hall–Kier alpha value is -0.530. The van der Waals surface area contributed by atoms with Crippen LogP contribution in [0.5, 0.6) is 0 Å². The second-order valence-electron chi connectivity index (χ2n) is 5.45. The molecule has 18 heavy (non-hydrogen) atoms. The van der Waals surface area contributed by atoms with Gasteiger partial charge in [0.05, 0.1) is 0 Å². The minimum absolute atomic E-state index is 0.350. The van der Waals surface area contributed by atoms with Crippen molar-refractivity contribution in [2.45, 2.75) is 64.0 Å². The molecule has 0 heterocycles. The number of rotatable bonds is 3. The Bertz CT molecular complexity index is 356. The number of hydrogen-bond donors (Lipinski definition) is 1. The van der Waals surface area contributed by atoms with Crippen molar-refractivity contribution in [1.29, 1.82) is 0 Å². The zero-order valence-electron chi connectivity index (χ0n) is 11.3. The van der Waals surface area contributed by atoms with Crippen molar-refractivity contribution in [2.24, 2.45) is 0 Å². The van der Waals surface area contributed by atoms with Crippen molar-refractivity contribution in [1.82, 2.24) is 5.32 Å². The summed E-state index contributed by atoms with van der Waals surface area (Å²) in [6, 6.07) is 9.18. The van der Waals surface area contributed by atoms with Crippen LogP contribution < -0.4 is 5.32 Å². The van der Waals surface area contributed by atoms with Gasteiger partial charge in [-0.25, -0.2) is 0 Å². The highest BCUT2D eigenvalue weighted by Crippen LogP contribution is 2.25. The Morgan fingerprint density at radius 3 is 2.33 bits per heavy atom. The minimum Gasteiger partial charge on any atom is -0.307 e. The number of benzene rings is 1. The minimum atomic E-state index is 0.350. The Labute approximate surface area is 116 Å². The fraction of sp³-hybridized carbons (Fsp3) is 0.625. The standard InChI is InChI=1S/C16H24ClN/c1-13(15-11-7-8-12-16(15)17)18-14-9-5-3-2-4-6-10-14/h7-8,11-14,18H,2-6,9-10H2,1H3/t13-/m0/s1. The highest BCUT2D eigenvalue weighted by Gasteiger charge is 2.16. The van der Waals surface area contributed by atoms with E-state index in [9.17, 15) is 0 Å². The summed E-state index contributed by atoms with van der Waals surface area (Å²) < 4.78 is 0. The number of halogens is 1. The van der Waals surface area contributed by atoms with Crippen molar-refractivity contribution >= 4 is 11.6 Å². The maximum atomic E-state index is 6.26. The highest BCUT2D eigenvalue weighted by molar-refractivity contribution is 6.31. The summed E-state index contributed by atoms with van der Waals surface area (Å²) >= 11 is 6.26. The molecule has 0 unspecified atom stereocenters. The van der Waals surface area contributed by atoms with E-state index in [0.29, 0.717) is 12.1 Å². The topological polar surface area (TPSA) is 12.0 Å². The smallest absolute Gasteiger partial charge is 0.0453 e. The third-order valence-electron chi connectivity index (χ3n) is 3.96. The summed E-state index contributed by atoms with van der Waals surface area (Å²) in [4.78, 5) is 0. The average Bonchev–Trinajstić information content (AvgIpc) is 2.33. The summed E-state index contributed by atoms with van der Waals surface area (Å²) in [5, 5.41) is 4.64. The summed E-state index contributed by atoms with van der Waals surface area (Å²) in [6.45, 7) is 2.22. The molecule has 0 spiro atoms. The largest absolute Gasteiger partial charge is 0.307 e. The Morgan fingerprint density at radius 1 is 1.06 bits per heavy atom. The molecule has 0 aromatic heterocycles. The molecule has 2 rings (SSSR count). The fourth-order valence-electron chi connectivity index (χ4n) is 2.89. The highest BCUT2D eigenvalue weighted by atomic mass is 35.5. The van der Waals surface area contributed by atoms with Gasteiger partial charge in [-0.2, -0.15) is 0 Å². The second-order valence-corrected chi connectivity index (χ2v) is 5.86. The Morgan fingerprint density at radius 2 is 1.67 bits per heavy atom. The van der Waals surface area contributed by atoms with Gasteiger partial charge in [0.25, 0.3) is 0 Å². The normalized spacial score (nSPS) is 20.1. The van der Waals surface area contributed by atoms with Crippen LogP contribution in [0.15, 0.2) is 24.3 Å². The van der Waals surface area contributed by atoms with Crippen molar-refractivity contribution in [3.8, 4) is 0 Å². The number of nitrogens with one attached hydrogen (secondary N) is 1. The molecule has 1 fully saturated rings. The molecule has 100 valence electrons. The molecular weight excluding hydrogens is 242 g/mol. The summed E-state index contributed by atoms with van der Waals surface area (Å²) in [5.74, 6) is 0. The van der Waals surface area contributed by atoms with Crippen molar-refractivity contribution in [2.75, 3.05) is 0 Å². The molecule has 0 saturated heterocycles. The van der Waals surface area contributed by atoms with Crippen LogP contribution in [0.1, 0.15) is 63.5 Å². The van der Waals surface area contributed by atoms with E-state index in [0.717, 1.165) is 5.02 Å². The van der Waals surface area contributed by atoms with Gasteiger partial charge in [0, 0.05) is 17.1 Å². The van der Waals surface area contributed by atoms with Gasteiger partial charge in [0.15, 0.2) is 0 Å². The molecule has 1 atom stereocenters. The van der Waals surface area contributed by atoms with Gasteiger partial charge in [0.2, 0.25) is 0 Å². The van der Waals surface area contributed by atoms with Crippen LogP contribution in [0.2, 0.25) is 5.02 Å². The summed E-state index contributed by atoms with van der Waals surface area (Å²) in [5.41, 5.74) is 1.22. The average molecular weight is 266 g/mol. The molecule has 1 nitrogen and oxygen atoms in total. The van der Waals surface area contributed by atoms with E-state index in [1.165, 1.54) is 50.5 Å². The van der Waals surface area contributed by atoms with Crippen LogP contribution in [0.3, 0.4) is 0 Å². The summed E-state index contributed by atoms with van der Waals surface area (Å²) in [7, 11) is 0. The Balaban J connectivity index is 1.93. The van der Waals surface area contributed by atoms with Crippen LogP contribution in [0.4, 0.5) is 0 Å². The molecule has 0 aliphatic heterocycles. The van der Waals surface area contributed by atoms with E-state index >= 15 is 0 Å². The van der Waals surface area contributed by atoms with E-state index in [1.807, 2.05) is 12.1 Å². The third kappa shape index (κ3) is 4.00. The Kier molecular flexibility index (Phi) is 5.52. The van der Waals surface area contributed by atoms with Crippen LogP contribution in [-0.2, 0) is 0 Å². The molecule has 1 aliphatic rings. The quantitative estimate of drug-likeness (QED) is 0.801. The van der Waals surface area contributed by atoms with Crippen molar-refractivity contribution < 1.29 is 0 Å². The molecule has 1 aliphatic carbocycles. The van der Waals surface area contributed by atoms with Gasteiger partial charge in [0.1, 0.15) is 0 Å². The van der Waals surface area contributed by atoms with Crippen LogP contribution in [-0.4, -0.2) is 6.04 Å². The molecule has 0 bridgehead atoms. The summed E-state index contributed by atoms with van der Waals surface area (Å²) in [6.07, 6.45) is 9.59. The van der Waals surface area contributed by atoms with E-state index < -0.39 is 0 Å². The molecule has 0 amide bonds. The molecular formula is C16H24ClN. The first-order chi connectivity index (χ1) is 8.77. The first kappa shape index (κ1) is 13.9. The first-order valence-corrected chi connectivity index (χ1v) is 7.65. The third-order valence-corrected chi connectivity index (χ3v) is 4.31. The lowest BCUT2D eigenvalue weighted by Crippen LogP contribution is -2.32. The van der Waals surface area contributed by atoms with Crippen molar-refractivity contribution in [3.63, 3.8) is 0 Å². The van der Waals surface area contributed by atoms with Crippen LogP contribution in [0.25, 0.3) is 0 Å². The van der Waals surface area contributed by atoms with Crippen LogP contribution in [0, 0.1) is 0 Å². The predicted molar refractivity (Wildman–Crippen MR) is 79.1 cm³/mol. The molecule has 2 heteroatoms. The first-order valence-electron chi connectivity index (χ1n) is 7.28. The van der Waals surface area contributed by atoms with E-state index in [1.54, 1.807) is 0 Å². The lowest BCUT2D eigenvalue weighted by atomic mass is 9.95. The molecule has 1 saturated carbocycles. The number of hydrogen-bond acceptors (Lipinski definition) is 1. The van der Waals surface area contributed by atoms with Gasteiger partial charge in [-0.05, 0) is 31.4 Å². The second kappa shape index (κ2) is 7.16. The zero-order chi connectivity index (χ0) is 12.8. The van der Waals surface area contributed by atoms with Gasteiger partial charge in [-0.3, -0.25) is 0 Å². The molecule has 1 aromatic rings. The maximum absolute atomic E-state index is 6.26. The monoisotopic (exact) mass is 265 g/mol. The van der Waals surface area contributed by atoms with Gasteiger partial charge >= 0.3 is 0 Å². The van der Waals surface area contributed by atoms with E-state index in [-0.39, 0.29) is 0 Å². The van der Waals surface area contributed by atoms with E-state index in [2.05, 4.69) is 24.4 Å². The van der Waals surface area contributed by atoms with Gasteiger partial charge in [-0.1, -0.05) is 61.9 Å².